The zero-order chi connectivity index (χ0) is 13.8. The van der Waals surface area contributed by atoms with Gasteiger partial charge in [0.05, 0.1) is 0 Å². The van der Waals surface area contributed by atoms with Gasteiger partial charge in [-0.2, -0.15) is 0 Å². The quantitative estimate of drug-likeness (QED) is 0.918. The molecule has 0 fully saturated rings. The van der Waals surface area contributed by atoms with Crippen LogP contribution < -0.4 is 10.6 Å². The van der Waals surface area contributed by atoms with Crippen LogP contribution in [-0.2, 0) is 6.54 Å². The van der Waals surface area contributed by atoms with E-state index in [-0.39, 0.29) is 11.9 Å². The number of hydrogen-bond acceptors (Lipinski definition) is 3. The molecule has 0 spiro atoms. The maximum absolute atomic E-state index is 13.2. The molecule has 1 aromatic carbocycles. The van der Waals surface area contributed by atoms with E-state index in [1.54, 1.807) is 12.3 Å². The van der Waals surface area contributed by atoms with Crippen LogP contribution in [0, 0.1) is 5.82 Å². The van der Waals surface area contributed by atoms with Crippen molar-refractivity contribution < 1.29 is 4.39 Å². The minimum Gasteiger partial charge on any atom is -0.355 e. The summed E-state index contributed by atoms with van der Waals surface area (Å²) in [5.41, 5.74) is 7.84. The molecule has 1 aromatic heterocycles. The van der Waals surface area contributed by atoms with Crippen LogP contribution in [0.1, 0.15) is 24.1 Å². The first-order chi connectivity index (χ1) is 9.08. The van der Waals surface area contributed by atoms with Gasteiger partial charge in [-0.15, -0.1) is 0 Å². The summed E-state index contributed by atoms with van der Waals surface area (Å²) in [4.78, 5) is 6.35. The van der Waals surface area contributed by atoms with Gasteiger partial charge >= 0.3 is 0 Å². The van der Waals surface area contributed by atoms with Crippen molar-refractivity contribution in [1.82, 2.24) is 4.98 Å². The third-order valence-electron chi connectivity index (χ3n) is 2.98. The fourth-order valence-electron chi connectivity index (χ4n) is 2.07. The highest BCUT2D eigenvalue weighted by Gasteiger charge is 2.12. The fraction of sp³-hybridized carbons (Fsp3) is 0.267. The van der Waals surface area contributed by atoms with Crippen molar-refractivity contribution in [3.8, 4) is 0 Å². The Labute approximate surface area is 112 Å². The van der Waals surface area contributed by atoms with E-state index in [0.717, 1.165) is 16.9 Å². The number of nitrogens with two attached hydrogens (primary N) is 1. The molecule has 1 heterocycles. The number of halogens is 1. The van der Waals surface area contributed by atoms with Gasteiger partial charge in [0.15, 0.2) is 0 Å². The largest absolute Gasteiger partial charge is 0.355 e. The molecule has 0 bridgehead atoms. The van der Waals surface area contributed by atoms with Gasteiger partial charge in [0.2, 0.25) is 0 Å². The van der Waals surface area contributed by atoms with Crippen molar-refractivity contribution in [2.45, 2.75) is 19.5 Å². The molecule has 0 aliphatic heterocycles. The average Bonchev–Trinajstić information content (AvgIpc) is 2.38. The summed E-state index contributed by atoms with van der Waals surface area (Å²) in [6.07, 6.45) is 1.74. The Balaban J connectivity index is 2.23. The molecule has 0 radical (unpaired) electrons. The Morgan fingerprint density at radius 1 is 1.32 bits per heavy atom. The molecule has 19 heavy (non-hydrogen) atoms. The van der Waals surface area contributed by atoms with E-state index in [1.807, 2.05) is 37.1 Å². The average molecular weight is 259 g/mol. The summed E-state index contributed by atoms with van der Waals surface area (Å²) in [6.45, 7) is 2.52. The lowest BCUT2D eigenvalue weighted by molar-refractivity contribution is 0.625. The number of pyridine rings is 1. The first-order valence-corrected chi connectivity index (χ1v) is 6.24. The molecule has 0 aliphatic rings. The molecule has 4 heteroatoms. The number of anilines is 1. The number of aromatic nitrogens is 1. The van der Waals surface area contributed by atoms with Gasteiger partial charge in [0, 0.05) is 31.4 Å². The maximum Gasteiger partial charge on any atom is 0.133 e. The van der Waals surface area contributed by atoms with Crippen molar-refractivity contribution in [3.63, 3.8) is 0 Å². The summed E-state index contributed by atoms with van der Waals surface area (Å²) in [5.74, 6) is 0.612. The summed E-state index contributed by atoms with van der Waals surface area (Å²) in [6, 6.07) is 10.3. The Hall–Kier alpha value is -1.94. The SMILES string of the molecule is CC(N)c1cccnc1N(C)Cc1cccc(F)c1. The highest BCUT2D eigenvalue weighted by Crippen LogP contribution is 2.22. The van der Waals surface area contributed by atoms with Crippen LogP contribution in [-0.4, -0.2) is 12.0 Å². The van der Waals surface area contributed by atoms with Crippen LogP contribution in [0.15, 0.2) is 42.6 Å². The highest BCUT2D eigenvalue weighted by atomic mass is 19.1. The Morgan fingerprint density at radius 3 is 2.79 bits per heavy atom. The Morgan fingerprint density at radius 2 is 2.11 bits per heavy atom. The Bertz CT molecular complexity index is 555. The molecule has 1 atom stereocenters. The molecule has 2 rings (SSSR count). The van der Waals surface area contributed by atoms with Gasteiger partial charge in [-0.3, -0.25) is 0 Å². The second kappa shape index (κ2) is 5.80. The van der Waals surface area contributed by atoms with Gasteiger partial charge in [-0.1, -0.05) is 18.2 Å². The second-order valence-electron chi connectivity index (χ2n) is 4.69. The van der Waals surface area contributed by atoms with E-state index >= 15 is 0 Å². The van der Waals surface area contributed by atoms with Crippen molar-refractivity contribution >= 4 is 5.82 Å². The lowest BCUT2D eigenvalue weighted by atomic mass is 10.1. The molecule has 2 N–H and O–H groups in total. The van der Waals surface area contributed by atoms with Gasteiger partial charge in [0.25, 0.3) is 0 Å². The second-order valence-corrected chi connectivity index (χ2v) is 4.69. The van der Waals surface area contributed by atoms with Crippen molar-refractivity contribution in [2.75, 3.05) is 11.9 Å². The molecule has 0 amide bonds. The summed E-state index contributed by atoms with van der Waals surface area (Å²) in [5, 5.41) is 0. The van der Waals surface area contributed by atoms with E-state index in [9.17, 15) is 4.39 Å². The lowest BCUT2D eigenvalue weighted by Gasteiger charge is -2.22. The molecule has 3 nitrogen and oxygen atoms in total. The van der Waals surface area contributed by atoms with E-state index in [2.05, 4.69) is 4.98 Å². The zero-order valence-electron chi connectivity index (χ0n) is 11.2. The fourth-order valence-corrected chi connectivity index (χ4v) is 2.07. The van der Waals surface area contributed by atoms with Crippen molar-refractivity contribution in [3.05, 3.63) is 59.5 Å². The van der Waals surface area contributed by atoms with Gasteiger partial charge in [0.1, 0.15) is 11.6 Å². The van der Waals surface area contributed by atoms with Crippen molar-refractivity contribution in [2.24, 2.45) is 5.73 Å². The van der Waals surface area contributed by atoms with Crippen LogP contribution >= 0.6 is 0 Å². The van der Waals surface area contributed by atoms with E-state index < -0.39 is 0 Å². The Kier molecular flexibility index (Phi) is 4.12. The molecule has 1 unspecified atom stereocenters. The molecule has 0 saturated carbocycles. The van der Waals surface area contributed by atoms with Crippen LogP contribution in [0.3, 0.4) is 0 Å². The normalized spacial score (nSPS) is 12.2. The minimum atomic E-state index is -0.223. The number of nitrogens with zero attached hydrogens (tertiary/aromatic N) is 2. The summed E-state index contributed by atoms with van der Waals surface area (Å²) >= 11 is 0. The van der Waals surface area contributed by atoms with Gasteiger partial charge in [-0.25, -0.2) is 9.37 Å². The van der Waals surface area contributed by atoms with Crippen LogP contribution in [0.25, 0.3) is 0 Å². The molecule has 100 valence electrons. The number of benzene rings is 1. The van der Waals surface area contributed by atoms with Gasteiger partial charge in [-0.05, 0) is 30.7 Å². The summed E-state index contributed by atoms with van der Waals surface area (Å²) in [7, 11) is 1.93. The minimum absolute atomic E-state index is 0.0846. The first kappa shape index (κ1) is 13.5. The number of hydrogen-bond donors (Lipinski definition) is 1. The maximum atomic E-state index is 13.2. The standard InChI is InChI=1S/C15H18FN3/c1-11(17)14-7-4-8-18-15(14)19(2)10-12-5-3-6-13(16)9-12/h3-9,11H,10,17H2,1-2H3. The predicted octanol–water partition coefficient (Wildman–Crippen LogP) is 2.88. The van der Waals surface area contributed by atoms with Gasteiger partial charge < -0.3 is 10.6 Å². The lowest BCUT2D eigenvalue weighted by Crippen LogP contribution is -2.21. The predicted molar refractivity (Wildman–Crippen MR) is 75.3 cm³/mol. The van der Waals surface area contributed by atoms with Crippen LogP contribution in [0.5, 0.6) is 0 Å². The smallest absolute Gasteiger partial charge is 0.133 e. The van der Waals surface area contributed by atoms with E-state index in [4.69, 9.17) is 5.73 Å². The van der Waals surface area contributed by atoms with Crippen LogP contribution in [0.2, 0.25) is 0 Å². The third kappa shape index (κ3) is 3.29. The van der Waals surface area contributed by atoms with Crippen molar-refractivity contribution in [1.29, 1.82) is 0 Å². The molecule has 2 aromatic rings. The topological polar surface area (TPSA) is 42.1 Å². The molecule has 0 aliphatic carbocycles. The number of rotatable bonds is 4. The summed E-state index contributed by atoms with van der Waals surface area (Å²) < 4.78 is 13.2. The zero-order valence-corrected chi connectivity index (χ0v) is 11.2. The molecule has 0 saturated heterocycles. The van der Waals surface area contributed by atoms with Crippen LogP contribution in [0.4, 0.5) is 10.2 Å². The first-order valence-electron chi connectivity index (χ1n) is 6.24. The molecular formula is C15H18FN3. The monoisotopic (exact) mass is 259 g/mol. The van der Waals surface area contributed by atoms with E-state index in [0.29, 0.717) is 6.54 Å². The third-order valence-corrected chi connectivity index (χ3v) is 2.98. The highest BCUT2D eigenvalue weighted by molar-refractivity contribution is 5.48. The van der Waals surface area contributed by atoms with E-state index in [1.165, 1.54) is 12.1 Å². The molecular weight excluding hydrogens is 241 g/mol.